The fourth-order valence-corrected chi connectivity index (χ4v) is 3.50. The normalized spacial score (nSPS) is 14.4. The van der Waals surface area contributed by atoms with Crippen molar-refractivity contribution in [3.63, 3.8) is 0 Å². The van der Waals surface area contributed by atoms with Gasteiger partial charge in [0.15, 0.2) is 6.29 Å². The van der Waals surface area contributed by atoms with Crippen molar-refractivity contribution in [3.05, 3.63) is 54.1 Å². The summed E-state index contributed by atoms with van der Waals surface area (Å²) < 4.78 is 16.6. The molecule has 2 aromatic rings. The second-order valence-electron chi connectivity index (χ2n) is 7.02. The van der Waals surface area contributed by atoms with Gasteiger partial charge in [0, 0.05) is 19.0 Å². The van der Waals surface area contributed by atoms with E-state index < -0.39 is 6.09 Å². The maximum atomic E-state index is 12.7. The molecule has 34 heavy (non-hydrogen) atoms. The van der Waals surface area contributed by atoms with Crippen LogP contribution in [0.4, 0.5) is 4.79 Å². The highest BCUT2D eigenvalue weighted by Crippen LogP contribution is 2.31. The van der Waals surface area contributed by atoms with E-state index >= 15 is 0 Å². The molecule has 1 fully saturated rings. The average molecular weight is 472 g/mol. The van der Waals surface area contributed by atoms with Gasteiger partial charge in [-0.05, 0) is 37.1 Å². The van der Waals surface area contributed by atoms with Crippen LogP contribution in [0.15, 0.2) is 43.0 Å². The first-order chi connectivity index (χ1) is 16.6. The van der Waals surface area contributed by atoms with Crippen LogP contribution in [0, 0.1) is 5.92 Å². The SMILES string of the molecule is C=Cc1c(OC)cccc1OC(=O)N1CCCC(COc2cccc(O)c2C=O)C1.CC.CC. The lowest BCUT2D eigenvalue weighted by atomic mass is 9.99. The van der Waals surface area contributed by atoms with Crippen molar-refractivity contribution in [3.8, 4) is 23.0 Å². The van der Waals surface area contributed by atoms with Crippen LogP contribution in [0.2, 0.25) is 0 Å². The lowest BCUT2D eigenvalue weighted by molar-refractivity contribution is 0.108. The summed E-state index contributed by atoms with van der Waals surface area (Å²) in [5.41, 5.74) is 0.745. The minimum atomic E-state index is -0.443. The predicted molar refractivity (Wildman–Crippen MR) is 135 cm³/mol. The molecule has 1 heterocycles. The molecule has 1 aliphatic heterocycles. The Kier molecular flexibility index (Phi) is 12.9. The number of carbonyl (C=O) groups excluding carboxylic acids is 2. The topological polar surface area (TPSA) is 85.3 Å². The van der Waals surface area contributed by atoms with Crippen LogP contribution in [0.25, 0.3) is 6.08 Å². The molecular weight excluding hydrogens is 434 g/mol. The molecule has 0 aliphatic carbocycles. The Morgan fingerprint density at radius 1 is 1.09 bits per heavy atom. The molecule has 1 atom stereocenters. The molecule has 7 nitrogen and oxygen atoms in total. The quantitative estimate of drug-likeness (QED) is 0.484. The standard InChI is InChI=1S/C23H25NO6.2C2H6/c1-3-17-20(28-2)9-5-11-22(17)30-23(27)24-12-6-7-16(13-24)15-29-21-10-4-8-19(26)18(21)14-25;2*1-2/h3-5,8-11,14,16,26H,1,6-7,12-13,15H2,2H3;2*1-2H3. The number of benzene rings is 2. The van der Waals surface area contributed by atoms with Crippen molar-refractivity contribution >= 4 is 18.5 Å². The molecule has 0 spiro atoms. The number of ether oxygens (including phenoxy) is 3. The van der Waals surface area contributed by atoms with Gasteiger partial charge < -0.3 is 24.2 Å². The monoisotopic (exact) mass is 471 g/mol. The van der Waals surface area contributed by atoms with Crippen LogP contribution in [0.3, 0.4) is 0 Å². The molecular formula is C27H37NO6. The Balaban J connectivity index is 0.00000137. The summed E-state index contributed by atoms with van der Waals surface area (Å²) in [5.74, 6) is 1.27. The van der Waals surface area contributed by atoms with Gasteiger partial charge in [0.05, 0.1) is 24.8 Å². The van der Waals surface area contributed by atoms with E-state index in [0.717, 1.165) is 12.8 Å². The molecule has 1 amide bonds. The molecule has 1 N–H and O–H groups in total. The Bertz CT molecular complexity index is 927. The smallest absolute Gasteiger partial charge is 0.415 e. The van der Waals surface area contributed by atoms with Crippen molar-refractivity contribution in [2.24, 2.45) is 5.92 Å². The number of hydrogen-bond acceptors (Lipinski definition) is 6. The van der Waals surface area contributed by atoms with Gasteiger partial charge in [-0.15, -0.1) is 0 Å². The Hall–Kier alpha value is -3.48. The van der Waals surface area contributed by atoms with Crippen LogP contribution >= 0.6 is 0 Å². The summed E-state index contributed by atoms with van der Waals surface area (Å²) in [6.45, 7) is 13.2. The van der Waals surface area contributed by atoms with Gasteiger partial charge >= 0.3 is 6.09 Å². The first kappa shape index (κ1) is 28.6. The first-order valence-corrected chi connectivity index (χ1v) is 11.7. The van der Waals surface area contributed by atoms with Gasteiger partial charge in [0.2, 0.25) is 0 Å². The summed E-state index contributed by atoms with van der Waals surface area (Å²) in [6, 6.07) is 9.92. The van der Waals surface area contributed by atoms with E-state index in [9.17, 15) is 14.7 Å². The Morgan fingerprint density at radius 3 is 2.38 bits per heavy atom. The summed E-state index contributed by atoms with van der Waals surface area (Å²) in [7, 11) is 1.55. The minimum absolute atomic E-state index is 0.0809. The third-order valence-corrected chi connectivity index (χ3v) is 5.06. The van der Waals surface area contributed by atoms with E-state index in [-0.39, 0.29) is 17.2 Å². The third kappa shape index (κ3) is 7.54. The van der Waals surface area contributed by atoms with E-state index in [4.69, 9.17) is 14.2 Å². The number of rotatable bonds is 7. The maximum absolute atomic E-state index is 12.7. The number of phenols is 1. The zero-order valence-electron chi connectivity index (χ0n) is 20.9. The number of hydrogen-bond donors (Lipinski definition) is 1. The number of carbonyl (C=O) groups is 2. The van der Waals surface area contributed by atoms with Gasteiger partial charge in [0.1, 0.15) is 23.0 Å². The lowest BCUT2D eigenvalue weighted by Gasteiger charge is -2.32. The fraction of sp³-hybridized carbons (Fsp3) is 0.407. The van der Waals surface area contributed by atoms with E-state index in [1.54, 1.807) is 48.4 Å². The average Bonchev–Trinajstić information content (AvgIpc) is 2.89. The largest absolute Gasteiger partial charge is 0.507 e. The van der Waals surface area contributed by atoms with Crippen molar-refractivity contribution in [1.29, 1.82) is 0 Å². The number of aromatic hydroxyl groups is 1. The van der Waals surface area contributed by atoms with Crippen molar-refractivity contribution in [2.75, 3.05) is 26.8 Å². The first-order valence-electron chi connectivity index (χ1n) is 11.7. The van der Waals surface area contributed by atoms with Crippen LogP contribution < -0.4 is 14.2 Å². The van der Waals surface area contributed by atoms with E-state index in [1.807, 2.05) is 27.7 Å². The zero-order chi connectivity index (χ0) is 25.5. The molecule has 186 valence electrons. The van der Waals surface area contributed by atoms with E-state index in [2.05, 4.69) is 6.58 Å². The number of methoxy groups -OCH3 is 1. The molecule has 1 aliphatic rings. The number of amides is 1. The number of piperidine rings is 1. The number of aldehydes is 1. The molecule has 0 bridgehead atoms. The second-order valence-corrected chi connectivity index (χ2v) is 7.02. The second kappa shape index (κ2) is 15.4. The Morgan fingerprint density at radius 2 is 1.74 bits per heavy atom. The van der Waals surface area contributed by atoms with Gasteiger partial charge in [0.25, 0.3) is 0 Å². The van der Waals surface area contributed by atoms with Crippen LogP contribution in [0.5, 0.6) is 23.0 Å². The number of likely N-dealkylation sites (tertiary alicyclic amines) is 1. The van der Waals surface area contributed by atoms with Gasteiger partial charge in [-0.3, -0.25) is 4.79 Å². The van der Waals surface area contributed by atoms with Gasteiger partial charge in [-0.1, -0.05) is 52.5 Å². The summed E-state index contributed by atoms with van der Waals surface area (Å²) >= 11 is 0. The number of nitrogens with zero attached hydrogens (tertiary/aromatic N) is 1. The summed E-state index contributed by atoms with van der Waals surface area (Å²) in [6.07, 6.45) is 3.42. The molecule has 0 aromatic heterocycles. The van der Waals surface area contributed by atoms with E-state index in [1.165, 1.54) is 6.07 Å². The molecule has 0 radical (unpaired) electrons. The predicted octanol–water partition coefficient (Wildman–Crippen LogP) is 6.20. The molecule has 1 saturated heterocycles. The van der Waals surface area contributed by atoms with Crippen molar-refractivity contribution in [2.45, 2.75) is 40.5 Å². The molecule has 1 unspecified atom stereocenters. The van der Waals surface area contributed by atoms with E-state index in [0.29, 0.717) is 48.8 Å². The molecule has 0 saturated carbocycles. The van der Waals surface area contributed by atoms with Crippen molar-refractivity contribution < 1.29 is 28.9 Å². The van der Waals surface area contributed by atoms with Crippen LogP contribution in [-0.4, -0.2) is 49.2 Å². The third-order valence-electron chi connectivity index (χ3n) is 5.06. The van der Waals surface area contributed by atoms with Crippen LogP contribution in [-0.2, 0) is 0 Å². The minimum Gasteiger partial charge on any atom is -0.507 e. The molecule has 7 heteroatoms. The highest BCUT2D eigenvalue weighted by Gasteiger charge is 2.26. The van der Waals surface area contributed by atoms with Gasteiger partial charge in [-0.25, -0.2) is 4.79 Å². The van der Waals surface area contributed by atoms with Crippen LogP contribution in [0.1, 0.15) is 56.5 Å². The highest BCUT2D eigenvalue weighted by atomic mass is 16.6. The highest BCUT2D eigenvalue weighted by molar-refractivity contribution is 5.83. The van der Waals surface area contributed by atoms with Crippen molar-refractivity contribution in [1.82, 2.24) is 4.90 Å². The molecule has 2 aromatic carbocycles. The summed E-state index contributed by atoms with van der Waals surface area (Å²) in [5, 5.41) is 9.77. The maximum Gasteiger partial charge on any atom is 0.415 e. The van der Waals surface area contributed by atoms with Gasteiger partial charge in [-0.2, -0.15) is 0 Å². The number of phenolic OH excluding ortho intramolecular Hbond substituents is 1. The molecule has 3 rings (SSSR count). The Labute approximate surface area is 202 Å². The summed E-state index contributed by atoms with van der Waals surface area (Å²) in [4.78, 5) is 25.5. The lowest BCUT2D eigenvalue weighted by Crippen LogP contribution is -2.43. The zero-order valence-corrected chi connectivity index (χ0v) is 20.9. The fourth-order valence-electron chi connectivity index (χ4n) is 3.50.